The Hall–Kier alpha value is -5.86. The molecule has 0 aliphatic carbocycles. The Morgan fingerprint density at radius 1 is 0.365 bits per heavy atom. The number of aromatic hydroxyl groups is 2. The summed E-state index contributed by atoms with van der Waals surface area (Å²) in [6, 6.07) is 58.7. The summed E-state index contributed by atoms with van der Waals surface area (Å²) in [5, 5.41) is 23.3. The van der Waals surface area contributed by atoms with E-state index in [0.717, 1.165) is 55.6 Å². The molecule has 0 fully saturated rings. The lowest BCUT2D eigenvalue weighted by Gasteiger charge is -2.32. The standard InChI is InChI=1S/C50H46O2/c1-49(2,43-30-39(28-35-18-9-5-10-19-35)47(51)45(33-43)37-22-13-7-14-23-37)41-26-17-27-42(32-41)50(3,4)44-31-40(29-36-20-11-6-12-21-36)48(52)46(34-44)38-24-15-8-16-25-38/h5-27,30-34,51-52H,28-29H2,1-4H3. The van der Waals surface area contributed by atoms with E-state index in [2.05, 4.69) is 125 Å². The van der Waals surface area contributed by atoms with E-state index in [4.69, 9.17) is 0 Å². The van der Waals surface area contributed by atoms with E-state index in [1.54, 1.807) is 0 Å². The van der Waals surface area contributed by atoms with Crippen LogP contribution in [0.2, 0.25) is 0 Å². The van der Waals surface area contributed by atoms with Crippen molar-refractivity contribution in [1.82, 2.24) is 0 Å². The molecule has 0 unspecified atom stereocenters. The van der Waals surface area contributed by atoms with E-state index in [1.807, 2.05) is 72.8 Å². The van der Waals surface area contributed by atoms with Crippen molar-refractivity contribution in [3.8, 4) is 33.8 Å². The van der Waals surface area contributed by atoms with E-state index in [1.165, 1.54) is 11.1 Å². The number of hydrogen-bond acceptors (Lipinski definition) is 2. The van der Waals surface area contributed by atoms with Crippen LogP contribution in [-0.4, -0.2) is 10.2 Å². The van der Waals surface area contributed by atoms with Gasteiger partial charge in [-0.1, -0.05) is 185 Å². The number of rotatable bonds is 10. The van der Waals surface area contributed by atoms with E-state index < -0.39 is 0 Å². The third-order valence-electron chi connectivity index (χ3n) is 10.8. The first kappa shape index (κ1) is 34.6. The van der Waals surface area contributed by atoms with Crippen LogP contribution < -0.4 is 0 Å². The fourth-order valence-electron chi connectivity index (χ4n) is 7.32. The molecule has 0 saturated heterocycles. The quantitative estimate of drug-likeness (QED) is 0.151. The molecule has 7 rings (SSSR count). The van der Waals surface area contributed by atoms with Crippen LogP contribution in [0.5, 0.6) is 11.5 Å². The summed E-state index contributed by atoms with van der Waals surface area (Å²) in [5.41, 5.74) is 11.7. The third-order valence-corrected chi connectivity index (χ3v) is 10.8. The lowest BCUT2D eigenvalue weighted by molar-refractivity contribution is 0.470. The second kappa shape index (κ2) is 14.4. The lowest BCUT2D eigenvalue weighted by Crippen LogP contribution is -2.23. The molecular weight excluding hydrogens is 633 g/mol. The van der Waals surface area contributed by atoms with Gasteiger partial charge in [0.2, 0.25) is 0 Å². The molecule has 52 heavy (non-hydrogen) atoms. The fraction of sp³-hybridized carbons (Fsp3) is 0.160. The average Bonchev–Trinajstić information content (AvgIpc) is 3.18. The summed E-state index contributed by atoms with van der Waals surface area (Å²) in [6.45, 7) is 9.11. The zero-order valence-electron chi connectivity index (χ0n) is 30.5. The number of hydrogen-bond donors (Lipinski definition) is 2. The van der Waals surface area contributed by atoms with Crippen molar-refractivity contribution in [1.29, 1.82) is 0 Å². The largest absolute Gasteiger partial charge is 0.507 e. The fourth-order valence-corrected chi connectivity index (χ4v) is 7.32. The highest BCUT2D eigenvalue weighted by atomic mass is 16.3. The minimum absolute atomic E-state index is 0.331. The maximum Gasteiger partial charge on any atom is 0.126 e. The second-order valence-electron chi connectivity index (χ2n) is 15.0. The summed E-state index contributed by atoms with van der Waals surface area (Å²) >= 11 is 0. The first-order valence-corrected chi connectivity index (χ1v) is 18.1. The maximum atomic E-state index is 11.7. The van der Waals surface area contributed by atoms with E-state index in [-0.39, 0.29) is 10.8 Å². The Morgan fingerprint density at radius 3 is 1.08 bits per heavy atom. The molecule has 0 aliphatic heterocycles. The Morgan fingerprint density at radius 2 is 0.712 bits per heavy atom. The summed E-state index contributed by atoms with van der Waals surface area (Å²) in [5.74, 6) is 0.662. The summed E-state index contributed by atoms with van der Waals surface area (Å²) in [7, 11) is 0. The predicted octanol–water partition coefficient (Wildman–Crippen LogP) is 12.3. The van der Waals surface area contributed by atoms with Crippen LogP contribution in [0.25, 0.3) is 22.3 Å². The van der Waals surface area contributed by atoms with Gasteiger partial charge in [-0.3, -0.25) is 0 Å². The van der Waals surface area contributed by atoms with E-state index in [0.29, 0.717) is 24.3 Å². The van der Waals surface area contributed by atoms with Crippen LogP contribution in [-0.2, 0) is 23.7 Å². The van der Waals surface area contributed by atoms with Crippen molar-refractivity contribution in [2.24, 2.45) is 0 Å². The maximum absolute atomic E-state index is 11.7. The molecule has 2 heteroatoms. The molecule has 0 aromatic heterocycles. The molecule has 258 valence electrons. The summed E-state index contributed by atoms with van der Waals surface area (Å²) in [6.07, 6.45) is 1.28. The predicted molar refractivity (Wildman–Crippen MR) is 216 cm³/mol. The Labute approximate surface area is 308 Å². The Bertz CT molecular complexity index is 2130. The Balaban J connectivity index is 1.32. The van der Waals surface area contributed by atoms with Crippen molar-refractivity contribution in [3.05, 3.63) is 214 Å². The number of phenolic OH excluding ortho intramolecular Hbond substituents is 2. The van der Waals surface area contributed by atoms with Crippen LogP contribution in [0.15, 0.2) is 170 Å². The highest BCUT2D eigenvalue weighted by molar-refractivity contribution is 5.75. The zero-order chi connectivity index (χ0) is 36.3. The van der Waals surface area contributed by atoms with Crippen molar-refractivity contribution in [2.45, 2.75) is 51.4 Å². The van der Waals surface area contributed by atoms with Crippen LogP contribution >= 0.6 is 0 Å². The summed E-state index contributed by atoms with van der Waals surface area (Å²) < 4.78 is 0. The van der Waals surface area contributed by atoms with Crippen LogP contribution in [0, 0.1) is 0 Å². The van der Waals surface area contributed by atoms with Crippen LogP contribution in [0.3, 0.4) is 0 Å². The van der Waals surface area contributed by atoms with Gasteiger partial charge >= 0.3 is 0 Å². The van der Waals surface area contributed by atoms with Gasteiger partial charge in [0.25, 0.3) is 0 Å². The average molecular weight is 679 g/mol. The molecule has 2 nitrogen and oxygen atoms in total. The van der Waals surface area contributed by atoms with Crippen molar-refractivity contribution < 1.29 is 10.2 Å². The van der Waals surface area contributed by atoms with Gasteiger partial charge in [-0.15, -0.1) is 0 Å². The normalized spacial score (nSPS) is 11.8. The third kappa shape index (κ3) is 7.02. The molecule has 0 heterocycles. The van der Waals surface area contributed by atoms with Crippen molar-refractivity contribution in [3.63, 3.8) is 0 Å². The highest BCUT2D eigenvalue weighted by Gasteiger charge is 2.30. The van der Waals surface area contributed by atoms with Gasteiger partial charge in [0.15, 0.2) is 0 Å². The number of phenols is 2. The monoisotopic (exact) mass is 678 g/mol. The molecule has 0 radical (unpaired) electrons. The second-order valence-corrected chi connectivity index (χ2v) is 15.0. The molecule has 0 spiro atoms. The van der Waals surface area contributed by atoms with Gasteiger partial charge in [-0.2, -0.15) is 0 Å². The van der Waals surface area contributed by atoms with Gasteiger partial charge < -0.3 is 10.2 Å². The molecule has 0 saturated carbocycles. The van der Waals surface area contributed by atoms with Crippen molar-refractivity contribution in [2.75, 3.05) is 0 Å². The zero-order valence-corrected chi connectivity index (χ0v) is 30.5. The topological polar surface area (TPSA) is 40.5 Å². The highest BCUT2D eigenvalue weighted by Crippen LogP contribution is 2.44. The van der Waals surface area contributed by atoms with Crippen LogP contribution in [0.4, 0.5) is 0 Å². The van der Waals surface area contributed by atoms with Gasteiger partial charge in [-0.05, 0) is 67.8 Å². The first-order chi connectivity index (χ1) is 25.1. The lowest BCUT2D eigenvalue weighted by atomic mass is 9.72. The molecule has 2 N–H and O–H groups in total. The SMILES string of the molecule is CC(C)(c1cccc(C(C)(C)c2cc(Cc3ccccc3)c(O)c(-c3ccccc3)c2)c1)c1cc(Cc2ccccc2)c(O)c(-c2ccccc2)c1. The minimum atomic E-state index is -0.378. The molecule has 0 amide bonds. The van der Waals surface area contributed by atoms with Gasteiger partial charge in [0.05, 0.1) is 0 Å². The molecule has 0 aliphatic rings. The molecule has 7 aromatic rings. The molecule has 7 aromatic carbocycles. The molecule has 0 bridgehead atoms. The van der Waals surface area contributed by atoms with Crippen LogP contribution in [0.1, 0.15) is 72.2 Å². The van der Waals surface area contributed by atoms with Gasteiger partial charge in [-0.25, -0.2) is 0 Å². The smallest absolute Gasteiger partial charge is 0.126 e. The van der Waals surface area contributed by atoms with Crippen molar-refractivity contribution >= 4 is 0 Å². The van der Waals surface area contributed by atoms with Gasteiger partial charge in [0.1, 0.15) is 11.5 Å². The first-order valence-electron chi connectivity index (χ1n) is 18.1. The molecular formula is C50H46O2. The van der Waals surface area contributed by atoms with Gasteiger partial charge in [0, 0.05) is 34.8 Å². The van der Waals surface area contributed by atoms with E-state index in [9.17, 15) is 10.2 Å². The van der Waals surface area contributed by atoms with E-state index >= 15 is 0 Å². The minimum Gasteiger partial charge on any atom is -0.507 e. The molecule has 0 atom stereocenters. The Kier molecular flexibility index (Phi) is 9.58. The number of benzene rings is 7. The summed E-state index contributed by atoms with van der Waals surface area (Å²) in [4.78, 5) is 0.